The highest BCUT2D eigenvalue weighted by molar-refractivity contribution is 5.66. The van der Waals surface area contributed by atoms with E-state index in [1.54, 1.807) is 0 Å². The predicted molar refractivity (Wildman–Crippen MR) is 68.2 cm³/mol. The molecular formula is C14H16N2O2. The molecular weight excluding hydrogens is 228 g/mol. The molecule has 0 spiro atoms. The molecule has 1 aromatic carbocycles. The van der Waals surface area contributed by atoms with Crippen LogP contribution in [0.25, 0.3) is 0 Å². The van der Waals surface area contributed by atoms with Gasteiger partial charge in [0.2, 0.25) is 0 Å². The molecule has 1 aromatic rings. The van der Waals surface area contributed by atoms with Crippen molar-refractivity contribution in [3.05, 3.63) is 29.8 Å². The zero-order chi connectivity index (χ0) is 13.0. The van der Waals surface area contributed by atoms with E-state index >= 15 is 0 Å². The third kappa shape index (κ3) is 3.01. The molecule has 0 N–H and O–H groups in total. The lowest BCUT2D eigenvalue weighted by Crippen LogP contribution is -2.37. The van der Waals surface area contributed by atoms with Gasteiger partial charge in [-0.3, -0.25) is 4.79 Å². The van der Waals surface area contributed by atoms with E-state index in [1.807, 2.05) is 24.3 Å². The summed E-state index contributed by atoms with van der Waals surface area (Å²) in [4.78, 5) is 13.1. The SMILES string of the molecule is CC(=O)OC1CCN(c2ccc(C#N)cc2)CC1. The highest BCUT2D eigenvalue weighted by atomic mass is 16.5. The third-order valence-corrected chi connectivity index (χ3v) is 3.14. The van der Waals surface area contributed by atoms with Crippen molar-refractivity contribution in [3.63, 3.8) is 0 Å². The predicted octanol–water partition coefficient (Wildman–Crippen LogP) is 2.09. The van der Waals surface area contributed by atoms with Gasteiger partial charge in [0.05, 0.1) is 11.6 Å². The van der Waals surface area contributed by atoms with E-state index < -0.39 is 0 Å². The second-order valence-electron chi connectivity index (χ2n) is 4.45. The first-order chi connectivity index (χ1) is 8.69. The number of benzene rings is 1. The Balaban J connectivity index is 1.93. The summed E-state index contributed by atoms with van der Waals surface area (Å²) in [7, 11) is 0. The molecule has 94 valence electrons. The number of anilines is 1. The monoisotopic (exact) mass is 244 g/mol. The quantitative estimate of drug-likeness (QED) is 0.747. The molecule has 4 nitrogen and oxygen atoms in total. The molecule has 0 bridgehead atoms. The molecule has 1 aliphatic heterocycles. The van der Waals surface area contributed by atoms with Gasteiger partial charge in [0.1, 0.15) is 6.10 Å². The number of carbonyl (C=O) groups is 1. The van der Waals surface area contributed by atoms with E-state index in [9.17, 15) is 4.79 Å². The zero-order valence-corrected chi connectivity index (χ0v) is 10.4. The molecule has 0 atom stereocenters. The van der Waals surface area contributed by atoms with Gasteiger partial charge in [-0.15, -0.1) is 0 Å². The van der Waals surface area contributed by atoms with Crippen LogP contribution in [-0.2, 0) is 9.53 Å². The van der Waals surface area contributed by atoms with Crippen molar-refractivity contribution in [2.24, 2.45) is 0 Å². The van der Waals surface area contributed by atoms with Crippen LogP contribution in [0, 0.1) is 11.3 Å². The third-order valence-electron chi connectivity index (χ3n) is 3.14. The van der Waals surface area contributed by atoms with Gasteiger partial charge in [0, 0.05) is 38.5 Å². The van der Waals surface area contributed by atoms with Gasteiger partial charge < -0.3 is 9.64 Å². The lowest BCUT2D eigenvalue weighted by Gasteiger charge is -2.33. The maximum atomic E-state index is 10.9. The van der Waals surface area contributed by atoms with Crippen LogP contribution >= 0.6 is 0 Å². The van der Waals surface area contributed by atoms with E-state index in [2.05, 4.69) is 11.0 Å². The Morgan fingerprint density at radius 2 is 1.94 bits per heavy atom. The van der Waals surface area contributed by atoms with Crippen molar-refractivity contribution in [1.82, 2.24) is 0 Å². The minimum atomic E-state index is -0.202. The molecule has 0 amide bonds. The highest BCUT2D eigenvalue weighted by Crippen LogP contribution is 2.21. The summed E-state index contributed by atoms with van der Waals surface area (Å²) in [5.74, 6) is -0.202. The Labute approximate surface area is 107 Å². The number of nitrogens with zero attached hydrogens (tertiary/aromatic N) is 2. The Morgan fingerprint density at radius 1 is 1.33 bits per heavy atom. The fourth-order valence-corrected chi connectivity index (χ4v) is 2.21. The summed E-state index contributed by atoms with van der Waals surface area (Å²) in [5, 5.41) is 8.75. The molecule has 0 aliphatic carbocycles. The van der Waals surface area contributed by atoms with Gasteiger partial charge in [-0.05, 0) is 24.3 Å². The van der Waals surface area contributed by atoms with Gasteiger partial charge in [0.25, 0.3) is 0 Å². The Kier molecular flexibility index (Phi) is 3.83. The van der Waals surface area contributed by atoms with Crippen LogP contribution in [-0.4, -0.2) is 25.2 Å². The first-order valence-electron chi connectivity index (χ1n) is 6.11. The molecule has 0 aromatic heterocycles. The number of rotatable bonds is 2. The second-order valence-corrected chi connectivity index (χ2v) is 4.45. The number of ether oxygens (including phenoxy) is 1. The van der Waals surface area contributed by atoms with Crippen LogP contribution in [0.15, 0.2) is 24.3 Å². The summed E-state index contributed by atoms with van der Waals surface area (Å²) in [6, 6.07) is 9.69. The lowest BCUT2D eigenvalue weighted by molar-refractivity contribution is -0.147. The number of esters is 1. The van der Waals surface area contributed by atoms with Crippen LogP contribution in [0.3, 0.4) is 0 Å². The van der Waals surface area contributed by atoms with Crippen molar-refractivity contribution < 1.29 is 9.53 Å². The minimum Gasteiger partial charge on any atom is -0.462 e. The average Bonchev–Trinajstić information content (AvgIpc) is 2.39. The highest BCUT2D eigenvalue weighted by Gasteiger charge is 2.21. The van der Waals surface area contributed by atoms with E-state index in [4.69, 9.17) is 10.00 Å². The Morgan fingerprint density at radius 3 is 2.44 bits per heavy atom. The normalized spacial score (nSPS) is 16.1. The number of hydrogen-bond donors (Lipinski definition) is 0. The van der Waals surface area contributed by atoms with Crippen LogP contribution in [0.2, 0.25) is 0 Å². The van der Waals surface area contributed by atoms with E-state index in [1.165, 1.54) is 6.92 Å². The molecule has 2 rings (SSSR count). The maximum Gasteiger partial charge on any atom is 0.302 e. The van der Waals surface area contributed by atoms with E-state index in [-0.39, 0.29) is 12.1 Å². The molecule has 1 heterocycles. The standard InChI is InChI=1S/C14H16N2O2/c1-11(17)18-14-6-8-16(9-7-14)13-4-2-12(10-15)3-5-13/h2-5,14H,6-9H2,1H3. The van der Waals surface area contributed by atoms with Crippen molar-refractivity contribution >= 4 is 11.7 Å². The van der Waals surface area contributed by atoms with E-state index in [0.29, 0.717) is 5.56 Å². The lowest BCUT2D eigenvalue weighted by atomic mass is 10.1. The Hall–Kier alpha value is -2.02. The van der Waals surface area contributed by atoms with Gasteiger partial charge in [-0.2, -0.15) is 5.26 Å². The van der Waals surface area contributed by atoms with Crippen molar-refractivity contribution in [3.8, 4) is 6.07 Å². The summed E-state index contributed by atoms with van der Waals surface area (Å²) in [6.45, 7) is 3.21. The smallest absolute Gasteiger partial charge is 0.302 e. The van der Waals surface area contributed by atoms with Crippen LogP contribution < -0.4 is 4.90 Å². The number of hydrogen-bond acceptors (Lipinski definition) is 4. The number of nitriles is 1. The van der Waals surface area contributed by atoms with Crippen LogP contribution in [0.1, 0.15) is 25.3 Å². The molecule has 0 unspecified atom stereocenters. The fourth-order valence-electron chi connectivity index (χ4n) is 2.21. The minimum absolute atomic E-state index is 0.0529. The molecule has 18 heavy (non-hydrogen) atoms. The number of piperidine rings is 1. The van der Waals surface area contributed by atoms with Crippen molar-refractivity contribution in [2.75, 3.05) is 18.0 Å². The van der Waals surface area contributed by atoms with Crippen LogP contribution in [0.5, 0.6) is 0 Å². The molecule has 1 saturated heterocycles. The number of carbonyl (C=O) groups excluding carboxylic acids is 1. The molecule has 1 fully saturated rings. The van der Waals surface area contributed by atoms with Gasteiger partial charge in [-0.1, -0.05) is 0 Å². The summed E-state index contributed by atoms with van der Waals surface area (Å²) in [6.07, 6.45) is 1.77. The molecule has 1 aliphatic rings. The molecule has 0 saturated carbocycles. The van der Waals surface area contributed by atoms with Gasteiger partial charge >= 0.3 is 5.97 Å². The summed E-state index contributed by atoms with van der Waals surface area (Å²) < 4.78 is 5.20. The maximum absolute atomic E-state index is 10.9. The van der Waals surface area contributed by atoms with Gasteiger partial charge in [-0.25, -0.2) is 0 Å². The fraction of sp³-hybridized carbons (Fsp3) is 0.429. The van der Waals surface area contributed by atoms with Crippen LogP contribution in [0.4, 0.5) is 5.69 Å². The summed E-state index contributed by atoms with van der Waals surface area (Å²) in [5.41, 5.74) is 1.80. The Bertz CT molecular complexity index is 454. The largest absolute Gasteiger partial charge is 0.462 e. The molecule has 4 heteroatoms. The molecule has 0 radical (unpaired) electrons. The topological polar surface area (TPSA) is 53.3 Å². The second kappa shape index (κ2) is 5.54. The van der Waals surface area contributed by atoms with Crippen molar-refractivity contribution in [1.29, 1.82) is 5.26 Å². The first-order valence-corrected chi connectivity index (χ1v) is 6.11. The zero-order valence-electron chi connectivity index (χ0n) is 10.4. The first kappa shape index (κ1) is 12.4. The summed E-state index contributed by atoms with van der Waals surface area (Å²) >= 11 is 0. The average molecular weight is 244 g/mol. The van der Waals surface area contributed by atoms with Gasteiger partial charge in [0.15, 0.2) is 0 Å². The van der Waals surface area contributed by atoms with E-state index in [0.717, 1.165) is 31.6 Å². The van der Waals surface area contributed by atoms with Crippen molar-refractivity contribution in [2.45, 2.75) is 25.9 Å².